The zero-order chi connectivity index (χ0) is 9.31. The van der Waals surface area contributed by atoms with Crippen LogP contribution in [0.25, 0.3) is 0 Å². The summed E-state index contributed by atoms with van der Waals surface area (Å²) in [5, 5.41) is 1.14. The van der Waals surface area contributed by atoms with Crippen LogP contribution >= 0.6 is 15.9 Å². The van der Waals surface area contributed by atoms with Crippen molar-refractivity contribution in [1.29, 1.82) is 0 Å². The van der Waals surface area contributed by atoms with E-state index >= 15 is 0 Å². The maximum atomic E-state index is 5.63. The van der Waals surface area contributed by atoms with E-state index in [1.807, 2.05) is 0 Å². The molecule has 0 aliphatic heterocycles. The van der Waals surface area contributed by atoms with Crippen molar-refractivity contribution in [3.8, 4) is 0 Å². The van der Waals surface area contributed by atoms with E-state index in [1.54, 1.807) is 0 Å². The van der Waals surface area contributed by atoms with Gasteiger partial charge in [0.1, 0.15) is 0 Å². The smallest absolute Gasteiger partial charge is 0.0533 e. The van der Waals surface area contributed by atoms with Crippen LogP contribution in [-0.4, -0.2) is 18.5 Å². The monoisotopic (exact) mass is 246 g/mol. The van der Waals surface area contributed by atoms with Gasteiger partial charge in [-0.15, -0.1) is 0 Å². The van der Waals surface area contributed by atoms with Crippen LogP contribution in [0.2, 0.25) is 0 Å². The van der Waals surface area contributed by atoms with Gasteiger partial charge in [-0.05, 0) is 38.0 Å². The Morgan fingerprint density at radius 1 is 1.46 bits per heavy atom. The topological polar surface area (TPSA) is 9.23 Å². The van der Waals surface area contributed by atoms with Gasteiger partial charge in [-0.3, -0.25) is 0 Å². The zero-order valence-corrected chi connectivity index (χ0v) is 9.98. The number of hydrogen-bond donors (Lipinski definition) is 0. The van der Waals surface area contributed by atoms with Crippen molar-refractivity contribution in [2.75, 3.05) is 18.5 Å². The molecule has 2 fully saturated rings. The van der Waals surface area contributed by atoms with Gasteiger partial charge in [0.05, 0.1) is 6.61 Å². The van der Waals surface area contributed by atoms with E-state index in [-0.39, 0.29) is 0 Å². The third-order valence-corrected chi connectivity index (χ3v) is 5.08. The van der Waals surface area contributed by atoms with Crippen LogP contribution in [-0.2, 0) is 4.74 Å². The largest absolute Gasteiger partial charge is 0.381 e. The number of alkyl halides is 1. The average Bonchev–Trinajstić information content (AvgIpc) is 2.74. The Morgan fingerprint density at radius 2 is 2.31 bits per heavy atom. The van der Waals surface area contributed by atoms with E-state index in [4.69, 9.17) is 4.74 Å². The highest BCUT2D eigenvalue weighted by atomic mass is 79.9. The van der Waals surface area contributed by atoms with Gasteiger partial charge in [0.25, 0.3) is 0 Å². The van der Waals surface area contributed by atoms with Crippen LogP contribution < -0.4 is 0 Å². The van der Waals surface area contributed by atoms with E-state index < -0.39 is 0 Å². The average molecular weight is 247 g/mol. The minimum Gasteiger partial charge on any atom is -0.381 e. The molecule has 0 N–H and O–H groups in total. The zero-order valence-electron chi connectivity index (χ0n) is 8.39. The maximum absolute atomic E-state index is 5.63. The first-order valence-electron chi connectivity index (χ1n) is 5.44. The molecule has 2 saturated carbocycles. The quantitative estimate of drug-likeness (QED) is 0.693. The SMILES string of the molecule is CCOCC1(CBr)CC2CCC1C2. The molecule has 76 valence electrons. The highest BCUT2D eigenvalue weighted by Crippen LogP contribution is 2.56. The molecule has 0 heterocycles. The molecule has 0 saturated heterocycles. The molecule has 3 atom stereocenters. The third-order valence-electron chi connectivity index (χ3n) is 3.96. The fourth-order valence-electron chi connectivity index (χ4n) is 3.24. The molecule has 0 radical (unpaired) electrons. The van der Waals surface area contributed by atoms with Gasteiger partial charge in [-0.25, -0.2) is 0 Å². The highest BCUT2D eigenvalue weighted by Gasteiger charge is 2.50. The summed E-state index contributed by atoms with van der Waals surface area (Å²) in [5.41, 5.74) is 0.499. The lowest BCUT2D eigenvalue weighted by Crippen LogP contribution is -2.34. The Balaban J connectivity index is 1.99. The molecular weight excluding hydrogens is 228 g/mol. The Labute approximate surface area is 89.4 Å². The van der Waals surface area contributed by atoms with Crippen molar-refractivity contribution < 1.29 is 4.74 Å². The van der Waals surface area contributed by atoms with E-state index in [0.29, 0.717) is 5.41 Å². The number of hydrogen-bond acceptors (Lipinski definition) is 1. The van der Waals surface area contributed by atoms with E-state index in [0.717, 1.165) is 30.4 Å². The predicted octanol–water partition coefficient (Wildman–Crippen LogP) is 3.22. The van der Waals surface area contributed by atoms with Crippen molar-refractivity contribution >= 4 is 15.9 Å². The predicted molar refractivity (Wildman–Crippen MR) is 58.2 cm³/mol. The van der Waals surface area contributed by atoms with E-state index in [9.17, 15) is 0 Å². The summed E-state index contributed by atoms with van der Waals surface area (Å²) in [4.78, 5) is 0. The molecule has 2 rings (SSSR count). The van der Waals surface area contributed by atoms with Crippen LogP contribution in [0.4, 0.5) is 0 Å². The molecule has 2 heteroatoms. The summed E-state index contributed by atoms with van der Waals surface area (Å²) in [7, 11) is 0. The van der Waals surface area contributed by atoms with Crippen molar-refractivity contribution in [3.05, 3.63) is 0 Å². The van der Waals surface area contributed by atoms with Crippen molar-refractivity contribution in [2.45, 2.75) is 32.6 Å². The van der Waals surface area contributed by atoms with Crippen LogP contribution in [0.1, 0.15) is 32.6 Å². The Hall–Kier alpha value is 0.440. The molecule has 2 aliphatic carbocycles. The molecule has 0 aromatic rings. The summed E-state index contributed by atoms with van der Waals surface area (Å²) in [6, 6.07) is 0. The van der Waals surface area contributed by atoms with Gasteiger partial charge in [-0.2, -0.15) is 0 Å². The molecule has 0 aromatic heterocycles. The number of ether oxygens (including phenoxy) is 1. The van der Waals surface area contributed by atoms with Crippen LogP contribution in [0.5, 0.6) is 0 Å². The van der Waals surface area contributed by atoms with Crippen molar-refractivity contribution in [1.82, 2.24) is 0 Å². The second-order valence-corrected chi connectivity index (χ2v) is 5.27. The van der Waals surface area contributed by atoms with Gasteiger partial charge in [0.15, 0.2) is 0 Å². The van der Waals surface area contributed by atoms with Gasteiger partial charge in [-0.1, -0.05) is 22.4 Å². The summed E-state index contributed by atoms with van der Waals surface area (Å²) >= 11 is 3.69. The lowest BCUT2D eigenvalue weighted by atomic mass is 9.75. The van der Waals surface area contributed by atoms with E-state index in [1.165, 1.54) is 25.7 Å². The third kappa shape index (κ3) is 1.68. The first kappa shape index (κ1) is 9.97. The second kappa shape index (κ2) is 3.90. The second-order valence-electron chi connectivity index (χ2n) is 4.71. The number of halogens is 1. The highest BCUT2D eigenvalue weighted by molar-refractivity contribution is 9.09. The molecule has 2 bridgehead atoms. The van der Waals surface area contributed by atoms with Crippen LogP contribution in [0.3, 0.4) is 0 Å². The summed E-state index contributed by atoms with van der Waals surface area (Å²) in [6.07, 6.45) is 5.80. The Kier molecular flexibility index (Phi) is 2.99. The first-order valence-corrected chi connectivity index (χ1v) is 6.56. The minimum atomic E-state index is 0.499. The molecule has 3 unspecified atom stereocenters. The molecule has 1 nitrogen and oxygen atoms in total. The van der Waals surface area contributed by atoms with Gasteiger partial charge in [0.2, 0.25) is 0 Å². The maximum Gasteiger partial charge on any atom is 0.0533 e. The molecule has 2 aliphatic rings. The van der Waals surface area contributed by atoms with E-state index in [2.05, 4.69) is 22.9 Å². The molecule has 0 amide bonds. The summed E-state index contributed by atoms with van der Waals surface area (Å²) in [6.45, 7) is 3.94. The minimum absolute atomic E-state index is 0.499. The molecule has 0 spiro atoms. The molecular formula is C11H19BrO. The van der Waals surface area contributed by atoms with Crippen molar-refractivity contribution in [3.63, 3.8) is 0 Å². The van der Waals surface area contributed by atoms with Crippen LogP contribution in [0, 0.1) is 17.3 Å². The van der Waals surface area contributed by atoms with Gasteiger partial charge >= 0.3 is 0 Å². The Morgan fingerprint density at radius 3 is 2.77 bits per heavy atom. The van der Waals surface area contributed by atoms with Gasteiger partial charge < -0.3 is 4.74 Å². The normalized spacial score (nSPS) is 42.9. The first-order chi connectivity index (χ1) is 6.30. The van der Waals surface area contributed by atoms with Gasteiger partial charge in [0, 0.05) is 17.4 Å². The van der Waals surface area contributed by atoms with Crippen molar-refractivity contribution in [2.24, 2.45) is 17.3 Å². The van der Waals surface area contributed by atoms with Crippen LogP contribution in [0.15, 0.2) is 0 Å². The lowest BCUT2D eigenvalue weighted by molar-refractivity contribution is 0.0304. The molecule has 13 heavy (non-hydrogen) atoms. The summed E-state index contributed by atoms with van der Waals surface area (Å²) < 4.78 is 5.63. The fourth-order valence-corrected chi connectivity index (χ4v) is 4.09. The number of rotatable bonds is 4. The Bertz CT molecular complexity index is 183. The summed E-state index contributed by atoms with van der Waals surface area (Å²) in [5.74, 6) is 1.96. The number of fused-ring (bicyclic) bond motifs is 2. The molecule has 0 aromatic carbocycles. The lowest BCUT2D eigenvalue weighted by Gasteiger charge is -2.35. The standard InChI is InChI=1S/C11H19BrO/c1-2-13-8-11(7-12)6-9-3-4-10(11)5-9/h9-10H,2-8H2,1H3. The fraction of sp³-hybridized carbons (Fsp3) is 1.00.